The number of ether oxygens (including phenoxy) is 3. The predicted molar refractivity (Wildman–Crippen MR) is 88.4 cm³/mol. The molecule has 7 heteroatoms. The second-order valence-corrected chi connectivity index (χ2v) is 5.62. The van der Waals surface area contributed by atoms with Crippen LogP contribution in [0.3, 0.4) is 0 Å². The van der Waals surface area contributed by atoms with Crippen molar-refractivity contribution in [3.05, 3.63) is 0 Å². The van der Waals surface area contributed by atoms with E-state index in [0.29, 0.717) is 19.8 Å². The lowest BCUT2D eigenvalue weighted by atomic mass is 10.3. The summed E-state index contributed by atoms with van der Waals surface area (Å²) in [5.74, 6) is 0. The Morgan fingerprint density at radius 3 is 1.39 bits per heavy atom. The molecule has 0 aliphatic rings. The van der Waals surface area contributed by atoms with Crippen LogP contribution < -0.4 is 0 Å². The quantitative estimate of drug-likeness (QED) is 0.358. The van der Waals surface area contributed by atoms with Crippen LogP contribution in [0.2, 0.25) is 0 Å². The highest BCUT2D eigenvalue weighted by Gasteiger charge is 2.09. The number of hydrogen-bond donors (Lipinski definition) is 4. The van der Waals surface area contributed by atoms with E-state index in [1.165, 1.54) is 0 Å². The van der Waals surface area contributed by atoms with Gasteiger partial charge in [0.05, 0.1) is 50.8 Å². The van der Waals surface area contributed by atoms with Crippen LogP contribution in [-0.4, -0.2) is 84.5 Å². The van der Waals surface area contributed by atoms with Gasteiger partial charge in [-0.15, -0.1) is 0 Å². The van der Waals surface area contributed by atoms with Crippen molar-refractivity contribution in [3.8, 4) is 0 Å². The van der Waals surface area contributed by atoms with Gasteiger partial charge in [-0.1, -0.05) is 0 Å². The molecule has 23 heavy (non-hydrogen) atoms. The van der Waals surface area contributed by atoms with Crippen LogP contribution in [0, 0.1) is 0 Å². The summed E-state index contributed by atoms with van der Waals surface area (Å²) in [5.41, 5.74) is 0. The van der Waals surface area contributed by atoms with Crippen LogP contribution in [0.4, 0.5) is 0 Å². The number of aliphatic hydroxyl groups is 4. The average Bonchev–Trinajstić information content (AvgIpc) is 2.54. The van der Waals surface area contributed by atoms with Crippen LogP contribution in [0.15, 0.2) is 0 Å². The molecular weight excluding hydrogens is 304 g/mol. The smallest absolute Gasteiger partial charge is 0.0781 e. The maximum Gasteiger partial charge on any atom is 0.0781 e. The topological polar surface area (TPSA) is 109 Å². The van der Waals surface area contributed by atoms with E-state index >= 15 is 0 Å². The van der Waals surface area contributed by atoms with Gasteiger partial charge in [-0.25, -0.2) is 0 Å². The molecule has 0 fully saturated rings. The molecule has 0 bridgehead atoms. The van der Waals surface area contributed by atoms with E-state index in [4.69, 9.17) is 34.6 Å². The Balaban J connectivity index is 0. The molecule has 4 unspecified atom stereocenters. The number of rotatable bonds is 13. The Bertz CT molecular complexity index is 222. The summed E-state index contributed by atoms with van der Waals surface area (Å²) in [6, 6.07) is 0. The molecule has 0 radical (unpaired) electrons. The van der Waals surface area contributed by atoms with Crippen molar-refractivity contribution in [2.24, 2.45) is 0 Å². The Hall–Kier alpha value is -0.280. The summed E-state index contributed by atoms with van der Waals surface area (Å²) in [7, 11) is 0. The second kappa shape index (κ2) is 18.1. The molecule has 0 aromatic carbocycles. The SMILES string of the molecule is CC(O)COC(C)COC(C)COC(C)CO.OCCCCO. The van der Waals surface area contributed by atoms with Crippen LogP contribution in [0.25, 0.3) is 0 Å². The van der Waals surface area contributed by atoms with Crippen LogP contribution in [-0.2, 0) is 14.2 Å². The summed E-state index contributed by atoms with van der Waals surface area (Å²) in [4.78, 5) is 0. The standard InChI is InChI=1S/C12H26O5.C4H10O2/c1-9(14)6-15-11(3)8-17-12(4)7-16-10(2)5-13;5-3-1-2-4-6/h9-14H,5-8H2,1-4H3;5-6H,1-4H2. The van der Waals surface area contributed by atoms with E-state index in [9.17, 15) is 0 Å². The highest BCUT2D eigenvalue weighted by molar-refractivity contribution is 4.55. The third-order valence-electron chi connectivity index (χ3n) is 2.68. The summed E-state index contributed by atoms with van der Waals surface area (Å²) < 4.78 is 16.2. The Morgan fingerprint density at radius 2 is 1.04 bits per heavy atom. The van der Waals surface area contributed by atoms with E-state index < -0.39 is 6.10 Å². The lowest BCUT2D eigenvalue weighted by Gasteiger charge is -2.19. The summed E-state index contributed by atoms with van der Waals surface area (Å²) in [6.07, 6.45) is 0.727. The molecule has 7 nitrogen and oxygen atoms in total. The van der Waals surface area contributed by atoms with Gasteiger partial charge >= 0.3 is 0 Å². The van der Waals surface area contributed by atoms with E-state index in [-0.39, 0.29) is 38.1 Å². The molecule has 0 rings (SSSR count). The molecule has 0 amide bonds. The number of hydrogen-bond acceptors (Lipinski definition) is 7. The molecule has 0 saturated heterocycles. The van der Waals surface area contributed by atoms with Gasteiger partial charge in [0.15, 0.2) is 0 Å². The Kier molecular flexibility index (Phi) is 19.6. The molecule has 0 aromatic rings. The zero-order chi connectivity index (χ0) is 18.1. The highest BCUT2D eigenvalue weighted by Crippen LogP contribution is 2.00. The normalized spacial score (nSPS) is 16.2. The lowest BCUT2D eigenvalue weighted by molar-refractivity contribution is -0.0825. The molecule has 0 saturated carbocycles. The maximum atomic E-state index is 9.04. The molecule has 0 spiro atoms. The van der Waals surface area contributed by atoms with Crippen molar-refractivity contribution in [2.45, 2.75) is 65.0 Å². The van der Waals surface area contributed by atoms with Gasteiger partial charge in [0, 0.05) is 13.2 Å². The Labute approximate surface area is 140 Å². The first-order chi connectivity index (χ1) is 10.9. The van der Waals surface area contributed by atoms with Gasteiger partial charge in [-0.05, 0) is 40.5 Å². The first-order valence-corrected chi connectivity index (χ1v) is 8.22. The van der Waals surface area contributed by atoms with E-state index in [2.05, 4.69) is 0 Å². The first-order valence-electron chi connectivity index (χ1n) is 8.22. The minimum absolute atomic E-state index is 0.0145. The molecule has 142 valence electrons. The molecule has 4 N–H and O–H groups in total. The van der Waals surface area contributed by atoms with Gasteiger partial charge < -0.3 is 34.6 Å². The highest BCUT2D eigenvalue weighted by atomic mass is 16.6. The average molecular weight is 340 g/mol. The monoisotopic (exact) mass is 340 g/mol. The van der Waals surface area contributed by atoms with Gasteiger partial charge in [-0.3, -0.25) is 0 Å². The molecule has 0 aliphatic carbocycles. The van der Waals surface area contributed by atoms with Crippen molar-refractivity contribution < 1.29 is 34.6 Å². The van der Waals surface area contributed by atoms with Gasteiger partial charge in [0.2, 0.25) is 0 Å². The van der Waals surface area contributed by atoms with Crippen molar-refractivity contribution in [1.82, 2.24) is 0 Å². The third kappa shape index (κ3) is 21.7. The Morgan fingerprint density at radius 1 is 0.652 bits per heavy atom. The molecule has 0 aliphatic heterocycles. The van der Waals surface area contributed by atoms with Crippen LogP contribution in [0.5, 0.6) is 0 Å². The lowest BCUT2D eigenvalue weighted by Crippen LogP contribution is -2.27. The molecule has 0 heterocycles. The largest absolute Gasteiger partial charge is 0.396 e. The zero-order valence-corrected chi connectivity index (χ0v) is 15.0. The number of unbranched alkanes of at least 4 members (excludes halogenated alkanes) is 1. The summed E-state index contributed by atoms with van der Waals surface area (Å²) in [5, 5.41) is 34.0. The van der Waals surface area contributed by atoms with Gasteiger partial charge in [-0.2, -0.15) is 0 Å². The maximum absolute atomic E-state index is 9.04. The fourth-order valence-electron chi connectivity index (χ4n) is 1.28. The summed E-state index contributed by atoms with van der Waals surface area (Å²) >= 11 is 0. The van der Waals surface area contributed by atoms with Crippen molar-refractivity contribution in [3.63, 3.8) is 0 Å². The predicted octanol–water partition coefficient (Wildman–Crippen LogP) is 0.326. The first kappa shape index (κ1) is 25.0. The van der Waals surface area contributed by atoms with Crippen molar-refractivity contribution in [2.75, 3.05) is 39.6 Å². The van der Waals surface area contributed by atoms with Crippen molar-refractivity contribution >= 4 is 0 Å². The minimum atomic E-state index is -0.455. The van der Waals surface area contributed by atoms with Crippen LogP contribution in [0.1, 0.15) is 40.5 Å². The fraction of sp³-hybridized carbons (Fsp3) is 1.00. The van der Waals surface area contributed by atoms with E-state index in [1.54, 1.807) is 13.8 Å². The second-order valence-electron chi connectivity index (χ2n) is 5.62. The van der Waals surface area contributed by atoms with Crippen LogP contribution >= 0.6 is 0 Å². The molecular formula is C16H36O7. The van der Waals surface area contributed by atoms with E-state index in [1.807, 2.05) is 13.8 Å². The fourth-order valence-corrected chi connectivity index (χ4v) is 1.28. The van der Waals surface area contributed by atoms with Gasteiger partial charge in [0.1, 0.15) is 0 Å². The van der Waals surface area contributed by atoms with E-state index in [0.717, 1.165) is 12.8 Å². The molecule has 4 atom stereocenters. The number of aliphatic hydroxyl groups excluding tert-OH is 4. The third-order valence-corrected chi connectivity index (χ3v) is 2.68. The van der Waals surface area contributed by atoms with Crippen molar-refractivity contribution in [1.29, 1.82) is 0 Å². The zero-order valence-electron chi connectivity index (χ0n) is 15.0. The van der Waals surface area contributed by atoms with Gasteiger partial charge in [0.25, 0.3) is 0 Å². The minimum Gasteiger partial charge on any atom is -0.396 e. The molecule has 0 aromatic heterocycles. The summed E-state index contributed by atoms with van der Waals surface area (Å²) in [6.45, 7) is 8.92.